The molecule has 3 nitrogen and oxygen atoms in total. The fourth-order valence-corrected chi connectivity index (χ4v) is 8.22. The van der Waals surface area contributed by atoms with E-state index in [2.05, 4.69) is 82.6 Å². The molecule has 0 bridgehead atoms. The second kappa shape index (κ2) is 8.96. The maximum Gasteiger partial charge on any atom is 3.00 e. The van der Waals surface area contributed by atoms with Gasteiger partial charge >= 0.3 is 26.2 Å². The Kier molecular flexibility index (Phi) is 8.30. The van der Waals surface area contributed by atoms with Crippen LogP contribution >= 0.6 is 0 Å². The van der Waals surface area contributed by atoms with Crippen LogP contribution in [0.4, 0.5) is 5.69 Å². The molecule has 161 valence electrons. The van der Waals surface area contributed by atoms with E-state index in [1.165, 1.54) is 37.6 Å². The van der Waals surface area contributed by atoms with E-state index in [0.717, 1.165) is 5.75 Å². The topological polar surface area (TPSA) is 30.5 Å². The van der Waals surface area contributed by atoms with Crippen LogP contribution in [0.25, 0.3) is 21.5 Å². The second-order valence-electron chi connectivity index (χ2n) is 9.80. The number of rotatable bonds is 4. The predicted molar refractivity (Wildman–Crippen MR) is 122 cm³/mol. The van der Waals surface area contributed by atoms with E-state index in [1.807, 2.05) is 7.11 Å². The smallest absolute Gasteiger partial charge is 1.00 e. The molecule has 1 aliphatic heterocycles. The van der Waals surface area contributed by atoms with Crippen LogP contribution < -0.4 is 44.9 Å². The Bertz CT molecular complexity index is 1070. The molecule has 0 fully saturated rings. The van der Waals surface area contributed by atoms with E-state index in [0.29, 0.717) is 0 Å². The van der Waals surface area contributed by atoms with Gasteiger partial charge in [0.1, 0.15) is 0 Å². The van der Waals surface area contributed by atoms with Crippen LogP contribution in [0.2, 0.25) is 26.2 Å². The molecule has 8 heteroatoms. The van der Waals surface area contributed by atoms with Gasteiger partial charge in [0.25, 0.3) is 0 Å². The van der Waals surface area contributed by atoms with E-state index >= 15 is 0 Å². The Balaban J connectivity index is 0.00000150. The molecule has 1 aliphatic rings. The Labute approximate surface area is 213 Å². The summed E-state index contributed by atoms with van der Waals surface area (Å²) < 4.78 is 12.9. The van der Waals surface area contributed by atoms with Gasteiger partial charge in [-0.25, -0.2) is 0 Å². The van der Waals surface area contributed by atoms with Crippen LogP contribution in [0.5, 0.6) is 5.75 Å². The molecule has 0 aliphatic carbocycles. The van der Waals surface area contributed by atoms with Gasteiger partial charge in [-0.2, -0.15) is 0 Å². The molecule has 1 radical (unpaired) electrons. The Morgan fingerprint density at radius 2 is 1.63 bits per heavy atom. The molecule has 0 amide bonds. The van der Waals surface area contributed by atoms with E-state index in [9.17, 15) is 0 Å². The first-order valence-corrected chi connectivity index (χ1v) is 15.5. The summed E-state index contributed by atoms with van der Waals surface area (Å²) in [5.74, 6) is 1.03. The maximum absolute atomic E-state index is 6.75. The molecule has 3 aromatic rings. The number of halogens is 2. The second-order valence-corrected chi connectivity index (χ2v) is 17.7. The normalized spacial score (nSPS) is 17.5. The van der Waals surface area contributed by atoms with Crippen molar-refractivity contribution >= 4 is 54.2 Å². The minimum atomic E-state index is -2.02. The van der Waals surface area contributed by atoms with Crippen molar-refractivity contribution in [3.05, 3.63) is 30.3 Å². The van der Waals surface area contributed by atoms with Crippen LogP contribution in [-0.4, -0.2) is 29.3 Å². The molecule has 1 atom stereocenters. The van der Waals surface area contributed by atoms with Gasteiger partial charge in [-0.15, -0.1) is 28.3 Å². The number of anilines is 1. The molecule has 30 heavy (non-hydrogen) atoms. The van der Waals surface area contributed by atoms with Crippen LogP contribution in [0.3, 0.4) is 0 Å². The Hall–Kier alpha value is -0.233. The molecule has 0 spiro atoms. The van der Waals surface area contributed by atoms with Gasteiger partial charge in [-0.05, 0) is 52.1 Å². The molecule has 4 rings (SSSR count). The van der Waals surface area contributed by atoms with Crippen LogP contribution in [0.1, 0.15) is 20.8 Å². The van der Waals surface area contributed by atoms with Gasteiger partial charge < -0.3 is 39.0 Å². The predicted octanol–water partition coefficient (Wildman–Crippen LogP) is -1.21. The number of fused-ring (bicyclic) bond motifs is 5. The zero-order chi connectivity index (χ0) is 19.8. The summed E-state index contributed by atoms with van der Waals surface area (Å²) in [6.45, 7) is 15.7. The minimum absolute atomic E-state index is 0. The SMILES string of the molecule is CO[Si]1(C)c2c(NC(C)(C)C)c(O[Si](C)(C)C)c3c([cH-]c4ccccc43)c21.[Cl-].[Cl-].[Zr+3]. The van der Waals surface area contributed by atoms with Crippen molar-refractivity contribution in [2.75, 3.05) is 12.4 Å². The molecule has 1 heterocycles. The first kappa shape index (κ1) is 27.8. The Morgan fingerprint density at radius 3 is 2.17 bits per heavy atom. The number of hydrogen-bond acceptors (Lipinski definition) is 3. The van der Waals surface area contributed by atoms with E-state index in [-0.39, 0.29) is 56.6 Å². The van der Waals surface area contributed by atoms with E-state index in [4.69, 9.17) is 8.85 Å². The summed E-state index contributed by atoms with van der Waals surface area (Å²) in [6.07, 6.45) is 0. The fourth-order valence-electron chi connectivity index (χ4n) is 4.12. The van der Waals surface area contributed by atoms with Gasteiger partial charge in [0.2, 0.25) is 16.6 Å². The molecular weight excluding hydrogens is 529 g/mol. The van der Waals surface area contributed by atoms with Crippen molar-refractivity contribution in [1.29, 1.82) is 0 Å². The third-order valence-electron chi connectivity index (χ3n) is 5.23. The summed E-state index contributed by atoms with van der Waals surface area (Å²) in [5, 5.41) is 11.7. The van der Waals surface area contributed by atoms with Crippen molar-refractivity contribution in [2.24, 2.45) is 0 Å². The monoisotopic (exact) mass is 556 g/mol. The third kappa shape index (κ3) is 4.60. The first-order chi connectivity index (χ1) is 12.5. The van der Waals surface area contributed by atoms with Crippen molar-refractivity contribution in [3.8, 4) is 5.75 Å². The quantitative estimate of drug-likeness (QED) is 0.322. The molecule has 3 aromatic carbocycles. The average molecular weight is 559 g/mol. The molecule has 1 unspecified atom stereocenters. The van der Waals surface area contributed by atoms with Gasteiger partial charge in [0.05, 0.1) is 11.4 Å². The summed E-state index contributed by atoms with van der Waals surface area (Å²) >= 11 is 0. The zero-order valence-electron chi connectivity index (χ0n) is 19.0. The summed E-state index contributed by atoms with van der Waals surface area (Å²) in [6, 6.07) is 11.0. The van der Waals surface area contributed by atoms with Crippen molar-refractivity contribution in [2.45, 2.75) is 52.5 Å². The summed E-state index contributed by atoms with van der Waals surface area (Å²) in [4.78, 5) is 0. The molecule has 0 aromatic heterocycles. The molecular formula is C22H30Cl2NO2Si2Zr. The zero-order valence-corrected chi connectivity index (χ0v) is 24.9. The average Bonchev–Trinajstić information content (AvgIpc) is 2.98. The number of benzene rings is 2. The van der Waals surface area contributed by atoms with Crippen molar-refractivity contribution in [1.82, 2.24) is 0 Å². The van der Waals surface area contributed by atoms with Crippen molar-refractivity contribution < 1.29 is 59.9 Å². The van der Waals surface area contributed by atoms with E-state index < -0.39 is 16.6 Å². The summed E-state index contributed by atoms with van der Waals surface area (Å²) in [5.41, 5.74) is 1.12. The first-order valence-electron chi connectivity index (χ1n) is 9.68. The summed E-state index contributed by atoms with van der Waals surface area (Å²) in [7, 11) is -1.97. The minimum Gasteiger partial charge on any atom is -1.00 e. The molecule has 0 saturated heterocycles. The van der Waals surface area contributed by atoms with Gasteiger partial charge in [-0.1, -0.05) is 28.8 Å². The van der Waals surface area contributed by atoms with E-state index in [1.54, 1.807) is 0 Å². The van der Waals surface area contributed by atoms with Crippen LogP contribution in [0.15, 0.2) is 30.3 Å². The van der Waals surface area contributed by atoms with Crippen LogP contribution in [0, 0.1) is 0 Å². The Morgan fingerprint density at radius 1 is 1.03 bits per heavy atom. The van der Waals surface area contributed by atoms with Crippen molar-refractivity contribution in [3.63, 3.8) is 0 Å². The number of nitrogens with one attached hydrogen (secondary N) is 1. The standard InChI is InChI=1S/C22H30NO2Si2.2ClH.Zr/c1-22(2,3)23-18-19(25-26(5,6)7)17-15-12-10-9-11-14(15)13-16(17)20-21(18)27(20,8)24-4;;;/h9-13,23H,1-8H3;2*1H;/q-1;;;+3/p-2. The van der Waals surface area contributed by atoms with Gasteiger partial charge in [-0.3, -0.25) is 0 Å². The largest absolute Gasteiger partial charge is 3.00 e. The number of hydrogen-bond donors (Lipinski definition) is 1. The maximum atomic E-state index is 6.75. The van der Waals surface area contributed by atoms with Gasteiger partial charge in [0, 0.05) is 12.6 Å². The van der Waals surface area contributed by atoms with Crippen LogP contribution in [-0.2, 0) is 30.6 Å². The third-order valence-corrected chi connectivity index (χ3v) is 9.54. The fraction of sp³-hybridized carbons (Fsp3) is 0.409. The molecule has 1 N–H and O–H groups in total. The molecule has 0 saturated carbocycles. The van der Waals surface area contributed by atoms with Gasteiger partial charge in [0.15, 0.2) is 0 Å².